The number of hydrogen-bond donors (Lipinski definition) is 1. The van der Waals surface area contributed by atoms with Gasteiger partial charge in [0.2, 0.25) is 0 Å². The predicted octanol–water partition coefficient (Wildman–Crippen LogP) is 7.17. The number of nitrogens with zero attached hydrogens (tertiary/aromatic N) is 1. The highest BCUT2D eigenvalue weighted by Crippen LogP contribution is 2.50. The number of rotatable bonds is 13. The molecule has 1 aliphatic heterocycles. The van der Waals surface area contributed by atoms with Crippen LogP contribution in [0.15, 0.2) is 71.6 Å². The summed E-state index contributed by atoms with van der Waals surface area (Å²) in [6, 6.07) is 21.2. The standard InChI is InChI=1S/C35H47NO5S/c1-6-8-20-35(21-9-7-2)25-42(38,39)32-19-14-28(36(4)5)24-31(32)33(34(35)37)27-12-17-30(18-13-27)41-23-22-40-29-15-10-26(3)11-16-29/h10-19,24,33-34,37H,6-9,20-23,25H2,1-5H3/t33?,34-/m1/s1. The van der Waals surface area contributed by atoms with Crippen LogP contribution in [-0.4, -0.2) is 52.7 Å². The van der Waals surface area contributed by atoms with Crippen molar-refractivity contribution >= 4 is 15.5 Å². The van der Waals surface area contributed by atoms with Crippen molar-refractivity contribution in [1.29, 1.82) is 0 Å². The molecule has 0 spiro atoms. The van der Waals surface area contributed by atoms with Gasteiger partial charge in [0, 0.05) is 31.1 Å². The number of aliphatic hydroxyl groups excluding tert-OH is 1. The van der Waals surface area contributed by atoms with Gasteiger partial charge in [0.15, 0.2) is 9.84 Å². The normalized spacial score (nSPS) is 19.0. The first-order valence-corrected chi connectivity index (χ1v) is 16.9. The third-order valence-electron chi connectivity index (χ3n) is 8.54. The summed E-state index contributed by atoms with van der Waals surface area (Å²) < 4.78 is 39.7. The number of aryl methyl sites for hydroxylation is 1. The highest BCUT2D eigenvalue weighted by molar-refractivity contribution is 7.91. The minimum absolute atomic E-state index is 0.0336. The van der Waals surface area contributed by atoms with Gasteiger partial charge >= 0.3 is 0 Å². The second-order valence-electron chi connectivity index (χ2n) is 11.9. The Kier molecular flexibility index (Phi) is 10.6. The molecule has 7 heteroatoms. The van der Waals surface area contributed by atoms with Gasteiger partial charge in [0.1, 0.15) is 24.7 Å². The molecule has 0 saturated heterocycles. The van der Waals surface area contributed by atoms with E-state index in [0.29, 0.717) is 42.3 Å². The molecule has 2 atom stereocenters. The molecule has 0 radical (unpaired) electrons. The van der Waals surface area contributed by atoms with Crippen LogP contribution in [0, 0.1) is 12.3 Å². The highest BCUT2D eigenvalue weighted by atomic mass is 32.2. The summed E-state index contributed by atoms with van der Waals surface area (Å²) in [5.74, 6) is 0.994. The summed E-state index contributed by atoms with van der Waals surface area (Å²) >= 11 is 0. The third-order valence-corrected chi connectivity index (χ3v) is 10.5. The minimum Gasteiger partial charge on any atom is -0.490 e. The van der Waals surface area contributed by atoms with Crippen LogP contribution < -0.4 is 14.4 Å². The number of fused-ring (bicyclic) bond motifs is 1. The maximum Gasteiger partial charge on any atom is 0.179 e. The number of hydrogen-bond acceptors (Lipinski definition) is 6. The molecular formula is C35H47NO5S. The van der Waals surface area contributed by atoms with E-state index in [9.17, 15) is 13.5 Å². The van der Waals surface area contributed by atoms with Gasteiger partial charge in [-0.05, 0) is 73.4 Å². The SMILES string of the molecule is CCCCC1(CCCC)CS(=O)(=O)c2ccc(N(C)C)cc2C(c2ccc(OCCOc3ccc(C)cc3)cc2)[C@H]1O. The van der Waals surface area contributed by atoms with Crippen molar-refractivity contribution in [1.82, 2.24) is 0 Å². The van der Waals surface area contributed by atoms with Gasteiger partial charge in [0.25, 0.3) is 0 Å². The van der Waals surface area contributed by atoms with E-state index in [2.05, 4.69) is 13.8 Å². The molecule has 6 nitrogen and oxygen atoms in total. The fourth-order valence-electron chi connectivity index (χ4n) is 6.12. The lowest BCUT2D eigenvalue weighted by Gasteiger charge is -2.40. The molecule has 3 aromatic carbocycles. The zero-order valence-electron chi connectivity index (χ0n) is 25.8. The van der Waals surface area contributed by atoms with Crippen molar-refractivity contribution in [2.75, 3.05) is 38.0 Å². The minimum atomic E-state index is -3.63. The average molecular weight is 594 g/mol. The summed E-state index contributed by atoms with van der Waals surface area (Å²) in [6.07, 6.45) is 4.15. The van der Waals surface area contributed by atoms with Crippen LogP contribution in [0.1, 0.15) is 75.0 Å². The van der Waals surface area contributed by atoms with Crippen LogP contribution in [0.5, 0.6) is 11.5 Å². The third kappa shape index (κ3) is 7.30. The first-order valence-electron chi connectivity index (χ1n) is 15.2. The van der Waals surface area contributed by atoms with E-state index in [1.807, 2.05) is 86.6 Å². The fourth-order valence-corrected chi connectivity index (χ4v) is 8.31. The summed E-state index contributed by atoms with van der Waals surface area (Å²) in [5, 5.41) is 12.3. The van der Waals surface area contributed by atoms with E-state index in [4.69, 9.17) is 9.47 Å². The number of benzene rings is 3. The zero-order chi connectivity index (χ0) is 30.3. The molecular weight excluding hydrogens is 546 g/mol. The number of sulfone groups is 1. The Labute approximate surface area is 252 Å². The number of anilines is 1. The molecule has 0 amide bonds. The van der Waals surface area contributed by atoms with E-state index >= 15 is 0 Å². The molecule has 0 aliphatic carbocycles. The van der Waals surface area contributed by atoms with E-state index in [-0.39, 0.29) is 5.75 Å². The largest absolute Gasteiger partial charge is 0.490 e. The van der Waals surface area contributed by atoms with Gasteiger partial charge in [-0.15, -0.1) is 0 Å². The van der Waals surface area contributed by atoms with E-state index in [1.165, 1.54) is 5.56 Å². The Hall–Kier alpha value is -3.03. The lowest BCUT2D eigenvalue weighted by molar-refractivity contribution is 0.0127. The van der Waals surface area contributed by atoms with E-state index in [1.54, 1.807) is 6.07 Å². The number of aliphatic hydroxyl groups is 1. The van der Waals surface area contributed by atoms with Gasteiger partial charge in [-0.3, -0.25) is 0 Å². The lowest BCUT2D eigenvalue weighted by Crippen LogP contribution is -2.43. The molecule has 1 aliphatic rings. The Morgan fingerprint density at radius 2 is 1.40 bits per heavy atom. The summed E-state index contributed by atoms with van der Waals surface area (Å²) in [6.45, 7) is 7.09. The Morgan fingerprint density at radius 1 is 0.857 bits per heavy atom. The van der Waals surface area contributed by atoms with Crippen LogP contribution in [0.4, 0.5) is 5.69 Å². The topological polar surface area (TPSA) is 76.1 Å². The van der Waals surface area contributed by atoms with Crippen molar-refractivity contribution in [3.8, 4) is 11.5 Å². The van der Waals surface area contributed by atoms with Gasteiger partial charge in [-0.1, -0.05) is 69.4 Å². The molecule has 3 aromatic rings. The predicted molar refractivity (Wildman–Crippen MR) is 171 cm³/mol. The Balaban J connectivity index is 1.66. The van der Waals surface area contributed by atoms with Crippen molar-refractivity contribution in [2.45, 2.75) is 76.2 Å². The van der Waals surface area contributed by atoms with E-state index < -0.39 is 27.3 Å². The fraction of sp³-hybridized carbons (Fsp3) is 0.486. The summed E-state index contributed by atoms with van der Waals surface area (Å²) in [4.78, 5) is 2.30. The van der Waals surface area contributed by atoms with E-state index in [0.717, 1.165) is 42.7 Å². The summed E-state index contributed by atoms with van der Waals surface area (Å²) in [5.41, 5.74) is 2.92. The monoisotopic (exact) mass is 593 g/mol. The van der Waals surface area contributed by atoms with Crippen LogP contribution >= 0.6 is 0 Å². The first kappa shape index (κ1) is 31.9. The average Bonchev–Trinajstić information content (AvgIpc) is 3.04. The van der Waals surface area contributed by atoms with Crippen molar-refractivity contribution in [3.05, 3.63) is 83.4 Å². The number of unbranched alkanes of at least 4 members (excludes halogenated alkanes) is 2. The Bertz CT molecular complexity index is 1390. The molecule has 42 heavy (non-hydrogen) atoms. The zero-order valence-corrected chi connectivity index (χ0v) is 26.6. The van der Waals surface area contributed by atoms with Gasteiger partial charge < -0.3 is 19.5 Å². The second-order valence-corrected chi connectivity index (χ2v) is 13.9. The van der Waals surface area contributed by atoms with Crippen molar-refractivity contribution < 1.29 is 23.0 Å². The quantitative estimate of drug-likeness (QED) is 0.212. The van der Waals surface area contributed by atoms with Crippen molar-refractivity contribution in [3.63, 3.8) is 0 Å². The molecule has 228 valence electrons. The van der Waals surface area contributed by atoms with Crippen LogP contribution in [-0.2, 0) is 9.84 Å². The number of ether oxygens (including phenoxy) is 2. The Morgan fingerprint density at radius 3 is 1.93 bits per heavy atom. The molecule has 0 fully saturated rings. The summed E-state index contributed by atoms with van der Waals surface area (Å²) in [7, 11) is 0.260. The first-order chi connectivity index (χ1) is 20.1. The lowest BCUT2D eigenvalue weighted by atomic mass is 9.68. The van der Waals surface area contributed by atoms with Crippen molar-refractivity contribution in [2.24, 2.45) is 5.41 Å². The van der Waals surface area contributed by atoms with Crippen LogP contribution in [0.25, 0.3) is 0 Å². The van der Waals surface area contributed by atoms with Gasteiger partial charge in [-0.2, -0.15) is 0 Å². The molecule has 0 bridgehead atoms. The molecule has 4 rings (SSSR count). The van der Waals surface area contributed by atoms with Crippen LogP contribution in [0.3, 0.4) is 0 Å². The van der Waals surface area contributed by atoms with Gasteiger partial charge in [0.05, 0.1) is 16.8 Å². The maximum absolute atomic E-state index is 14.0. The molecule has 0 aromatic heterocycles. The molecule has 1 unspecified atom stereocenters. The second kappa shape index (κ2) is 14.0. The molecule has 1 N–H and O–H groups in total. The molecule has 0 saturated carbocycles. The van der Waals surface area contributed by atoms with Crippen LogP contribution in [0.2, 0.25) is 0 Å². The molecule has 1 heterocycles. The maximum atomic E-state index is 14.0. The van der Waals surface area contributed by atoms with Gasteiger partial charge in [-0.25, -0.2) is 8.42 Å². The smallest absolute Gasteiger partial charge is 0.179 e. The highest BCUT2D eigenvalue weighted by Gasteiger charge is 2.49.